The number of nitrogens with zero attached hydrogens (tertiary/aromatic N) is 3. The standard InChI is InChI=1S/C32H34N6O4/c1-32(2,3)27-14-13-25(42-31(33)41)16-26(27)29(39)36-18-23-11-12-24(19-34-23)37-28-15-10-22(17-35-28)20-6-8-21(9-7-20)30(40)38(4)5/h6-17,19H,18H2,1-5H3,(H2,33,41)(H,35,37)(H,36,39). The Hall–Kier alpha value is -5.25. The van der Waals surface area contributed by atoms with Crippen LogP contribution in [0.4, 0.5) is 16.3 Å². The minimum atomic E-state index is -0.946. The molecule has 216 valence electrons. The Bertz CT molecular complexity index is 1580. The van der Waals surface area contributed by atoms with E-state index in [1.165, 1.54) is 6.07 Å². The lowest BCUT2D eigenvalue weighted by Crippen LogP contribution is -2.27. The number of nitrogens with two attached hydrogens (primary N) is 1. The Kier molecular flexibility index (Phi) is 8.85. The summed E-state index contributed by atoms with van der Waals surface area (Å²) in [6.07, 6.45) is 2.48. The summed E-state index contributed by atoms with van der Waals surface area (Å²) in [7, 11) is 3.45. The fourth-order valence-electron chi connectivity index (χ4n) is 4.26. The first-order valence-electron chi connectivity index (χ1n) is 13.3. The van der Waals surface area contributed by atoms with Crippen LogP contribution in [-0.2, 0) is 12.0 Å². The van der Waals surface area contributed by atoms with Crippen molar-refractivity contribution in [1.29, 1.82) is 0 Å². The number of aromatic nitrogens is 2. The molecule has 4 rings (SSSR count). The molecule has 0 aliphatic rings. The lowest BCUT2D eigenvalue weighted by molar-refractivity contribution is 0.0827. The molecule has 0 atom stereocenters. The van der Waals surface area contributed by atoms with Gasteiger partial charge < -0.3 is 26.0 Å². The van der Waals surface area contributed by atoms with Crippen LogP contribution in [0.1, 0.15) is 52.7 Å². The third-order valence-corrected chi connectivity index (χ3v) is 6.42. The minimum Gasteiger partial charge on any atom is -0.410 e. The van der Waals surface area contributed by atoms with E-state index >= 15 is 0 Å². The topological polar surface area (TPSA) is 140 Å². The first kappa shape index (κ1) is 29.7. The smallest absolute Gasteiger partial charge is 0.409 e. The van der Waals surface area contributed by atoms with Gasteiger partial charge in [-0.3, -0.25) is 14.6 Å². The van der Waals surface area contributed by atoms with Gasteiger partial charge >= 0.3 is 6.09 Å². The number of hydrogen-bond donors (Lipinski definition) is 3. The van der Waals surface area contributed by atoms with E-state index in [2.05, 4.69) is 20.6 Å². The number of amides is 3. The normalized spacial score (nSPS) is 11.0. The van der Waals surface area contributed by atoms with Crippen molar-refractivity contribution in [3.8, 4) is 16.9 Å². The molecule has 4 N–H and O–H groups in total. The average molecular weight is 567 g/mol. The number of carbonyl (C=O) groups is 3. The second kappa shape index (κ2) is 12.5. The molecule has 0 aliphatic heterocycles. The molecule has 0 bridgehead atoms. The van der Waals surface area contributed by atoms with Crippen molar-refractivity contribution in [2.45, 2.75) is 32.7 Å². The summed E-state index contributed by atoms with van der Waals surface area (Å²) in [6, 6.07) is 19.8. The molecule has 0 aliphatic carbocycles. The minimum absolute atomic E-state index is 0.0437. The molecule has 2 heterocycles. The summed E-state index contributed by atoms with van der Waals surface area (Å²) in [5.74, 6) is 0.485. The molecule has 42 heavy (non-hydrogen) atoms. The first-order chi connectivity index (χ1) is 19.9. The van der Waals surface area contributed by atoms with Crippen LogP contribution in [0.15, 0.2) is 79.1 Å². The second-order valence-electron chi connectivity index (χ2n) is 10.9. The summed E-state index contributed by atoms with van der Waals surface area (Å²) in [4.78, 5) is 46.9. The maximum Gasteiger partial charge on any atom is 0.409 e. The van der Waals surface area contributed by atoms with E-state index in [-0.39, 0.29) is 29.5 Å². The third kappa shape index (κ3) is 7.48. The summed E-state index contributed by atoms with van der Waals surface area (Å²) in [5.41, 5.74) is 9.93. The lowest BCUT2D eigenvalue weighted by Gasteiger charge is -2.23. The van der Waals surface area contributed by atoms with Crippen molar-refractivity contribution in [3.05, 3.63) is 102 Å². The van der Waals surface area contributed by atoms with Crippen LogP contribution in [0, 0.1) is 0 Å². The van der Waals surface area contributed by atoms with E-state index in [1.807, 2.05) is 57.2 Å². The summed E-state index contributed by atoms with van der Waals surface area (Å²) >= 11 is 0. The van der Waals surface area contributed by atoms with Gasteiger partial charge in [0.25, 0.3) is 11.8 Å². The highest BCUT2D eigenvalue weighted by atomic mass is 16.5. The van der Waals surface area contributed by atoms with Crippen molar-refractivity contribution in [2.75, 3.05) is 19.4 Å². The van der Waals surface area contributed by atoms with Crippen LogP contribution in [0.2, 0.25) is 0 Å². The monoisotopic (exact) mass is 566 g/mol. The average Bonchev–Trinajstić information content (AvgIpc) is 2.96. The van der Waals surface area contributed by atoms with Crippen molar-refractivity contribution in [2.24, 2.45) is 5.73 Å². The first-order valence-corrected chi connectivity index (χ1v) is 13.3. The molecule has 0 spiro atoms. The molecular weight excluding hydrogens is 532 g/mol. The molecule has 2 aromatic carbocycles. The van der Waals surface area contributed by atoms with Gasteiger partial charge in [0.15, 0.2) is 0 Å². The quantitative estimate of drug-likeness (QED) is 0.264. The van der Waals surface area contributed by atoms with E-state index in [4.69, 9.17) is 10.5 Å². The van der Waals surface area contributed by atoms with E-state index in [0.29, 0.717) is 22.6 Å². The van der Waals surface area contributed by atoms with Crippen molar-refractivity contribution in [3.63, 3.8) is 0 Å². The van der Waals surface area contributed by atoms with E-state index in [0.717, 1.165) is 22.4 Å². The number of carbonyl (C=O) groups excluding carboxylic acids is 3. The second-order valence-corrected chi connectivity index (χ2v) is 10.9. The Balaban J connectivity index is 1.37. The zero-order chi connectivity index (χ0) is 30.4. The Morgan fingerprint density at radius 3 is 2.17 bits per heavy atom. The number of nitrogens with one attached hydrogen (secondary N) is 2. The molecule has 0 saturated heterocycles. The fourth-order valence-corrected chi connectivity index (χ4v) is 4.26. The summed E-state index contributed by atoms with van der Waals surface area (Å²) in [6.45, 7) is 6.19. The Labute approximate surface area is 244 Å². The highest BCUT2D eigenvalue weighted by Gasteiger charge is 2.23. The molecule has 2 aromatic heterocycles. The van der Waals surface area contributed by atoms with Crippen LogP contribution < -0.4 is 21.1 Å². The molecule has 10 nitrogen and oxygen atoms in total. The molecule has 0 saturated carbocycles. The van der Waals surface area contributed by atoms with Crippen LogP contribution in [0.5, 0.6) is 5.75 Å². The van der Waals surface area contributed by atoms with Gasteiger partial charge in [0.1, 0.15) is 11.6 Å². The van der Waals surface area contributed by atoms with E-state index in [9.17, 15) is 14.4 Å². The maximum atomic E-state index is 13.1. The number of primary amides is 1. The number of hydrogen-bond acceptors (Lipinski definition) is 7. The number of pyridine rings is 2. The van der Waals surface area contributed by atoms with Gasteiger partial charge in [-0.2, -0.15) is 0 Å². The van der Waals surface area contributed by atoms with Gasteiger partial charge in [-0.25, -0.2) is 9.78 Å². The number of rotatable bonds is 8. The van der Waals surface area contributed by atoms with Crippen molar-refractivity contribution >= 4 is 29.4 Å². The number of ether oxygens (including phenoxy) is 1. The van der Waals surface area contributed by atoms with Gasteiger partial charge in [0.2, 0.25) is 0 Å². The molecule has 4 aromatic rings. The SMILES string of the molecule is CN(C)C(=O)c1ccc(-c2ccc(Nc3ccc(CNC(=O)c4cc(OC(N)=O)ccc4C(C)(C)C)nc3)nc2)cc1. The highest BCUT2D eigenvalue weighted by Crippen LogP contribution is 2.29. The largest absolute Gasteiger partial charge is 0.410 e. The Morgan fingerprint density at radius 1 is 0.881 bits per heavy atom. The van der Waals surface area contributed by atoms with Crippen molar-refractivity contribution in [1.82, 2.24) is 20.2 Å². The highest BCUT2D eigenvalue weighted by molar-refractivity contribution is 5.96. The molecule has 0 fully saturated rings. The molecular formula is C32H34N6O4. The number of anilines is 2. The zero-order valence-electron chi connectivity index (χ0n) is 24.3. The van der Waals surface area contributed by atoms with Gasteiger partial charge in [0.05, 0.1) is 24.1 Å². The molecule has 10 heteroatoms. The van der Waals surface area contributed by atoms with Crippen LogP contribution in [0.25, 0.3) is 11.1 Å². The third-order valence-electron chi connectivity index (χ3n) is 6.42. The molecule has 0 radical (unpaired) electrons. The van der Waals surface area contributed by atoms with Gasteiger partial charge in [-0.1, -0.05) is 39.0 Å². The van der Waals surface area contributed by atoms with Gasteiger partial charge in [-0.05, 0) is 65.1 Å². The predicted molar refractivity (Wildman–Crippen MR) is 162 cm³/mol. The zero-order valence-corrected chi connectivity index (χ0v) is 24.3. The van der Waals surface area contributed by atoms with E-state index < -0.39 is 6.09 Å². The van der Waals surface area contributed by atoms with Crippen LogP contribution in [-0.4, -0.2) is 46.9 Å². The summed E-state index contributed by atoms with van der Waals surface area (Å²) in [5, 5.41) is 6.11. The number of benzene rings is 2. The van der Waals surface area contributed by atoms with Gasteiger partial charge in [0, 0.05) is 37.0 Å². The fraction of sp³-hybridized carbons (Fsp3) is 0.219. The van der Waals surface area contributed by atoms with E-state index in [1.54, 1.807) is 55.7 Å². The van der Waals surface area contributed by atoms with Crippen molar-refractivity contribution < 1.29 is 19.1 Å². The van der Waals surface area contributed by atoms with Crippen LogP contribution in [0.3, 0.4) is 0 Å². The predicted octanol–water partition coefficient (Wildman–Crippen LogP) is 5.27. The molecule has 3 amide bonds. The Morgan fingerprint density at radius 2 is 1.60 bits per heavy atom. The molecule has 0 unspecified atom stereocenters. The maximum absolute atomic E-state index is 13.1. The van der Waals surface area contributed by atoms with Gasteiger partial charge in [-0.15, -0.1) is 0 Å². The van der Waals surface area contributed by atoms with Crippen LogP contribution >= 0.6 is 0 Å². The summed E-state index contributed by atoms with van der Waals surface area (Å²) < 4.78 is 4.97. The lowest BCUT2D eigenvalue weighted by atomic mass is 9.83.